The molecule has 0 aromatic heterocycles. The maximum Gasteiger partial charge on any atom is 0.253 e. The highest BCUT2D eigenvalue weighted by atomic mass is 32.1. The average Bonchev–Trinajstić information content (AvgIpc) is 2.34. The molecule has 0 fully saturated rings. The second-order valence-corrected chi connectivity index (χ2v) is 4.32. The van der Waals surface area contributed by atoms with Gasteiger partial charge in [-0.15, -0.1) is 0 Å². The molecule has 2 N–H and O–H groups in total. The molecule has 0 saturated carbocycles. The summed E-state index contributed by atoms with van der Waals surface area (Å²) in [5, 5.41) is 0. The van der Waals surface area contributed by atoms with E-state index in [4.69, 9.17) is 22.7 Å². The number of carbonyl (C=O) groups excluding carboxylic acids is 1. The number of amides is 1. The van der Waals surface area contributed by atoms with E-state index in [1.54, 1.807) is 7.05 Å². The fourth-order valence-corrected chi connectivity index (χ4v) is 1.49. The number of nitrogens with zero attached hydrogens (tertiary/aromatic N) is 1. The summed E-state index contributed by atoms with van der Waals surface area (Å²) >= 11 is 4.73. The van der Waals surface area contributed by atoms with E-state index < -0.39 is 5.82 Å². The fourth-order valence-electron chi connectivity index (χ4n) is 1.40. The summed E-state index contributed by atoms with van der Waals surface area (Å²) in [6.07, 6.45) is 0.441. The Balaban J connectivity index is 2.77. The van der Waals surface area contributed by atoms with E-state index in [9.17, 15) is 9.18 Å². The van der Waals surface area contributed by atoms with Crippen LogP contribution in [0.4, 0.5) is 4.39 Å². The highest BCUT2D eigenvalue weighted by molar-refractivity contribution is 7.80. The van der Waals surface area contributed by atoms with Crippen molar-refractivity contribution in [2.75, 3.05) is 20.7 Å². The first-order valence-corrected chi connectivity index (χ1v) is 5.74. The number of ether oxygens (including phenoxy) is 1. The Hall–Kier alpha value is -1.69. The van der Waals surface area contributed by atoms with Crippen LogP contribution in [-0.4, -0.2) is 36.5 Å². The van der Waals surface area contributed by atoms with Crippen molar-refractivity contribution >= 4 is 23.1 Å². The molecule has 0 aliphatic rings. The van der Waals surface area contributed by atoms with Gasteiger partial charge in [0.15, 0.2) is 11.6 Å². The van der Waals surface area contributed by atoms with Crippen molar-refractivity contribution in [2.45, 2.75) is 6.42 Å². The summed E-state index contributed by atoms with van der Waals surface area (Å²) in [5.74, 6) is -0.740. The van der Waals surface area contributed by atoms with Crippen LogP contribution in [-0.2, 0) is 0 Å². The summed E-state index contributed by atoms with van der Waals surface area (Å²) in [5.41, 5.74) is 5.62. The van der Waals surface area contributed by atoms with Gasteiger partial charge in [0, 0.05) is 25.6 Å². The third kappa shape index (κ3) is 3.66. The van der Waals surface area contributed by atoms with Crippen molar-refractivity contribution < 1.29 is 13.9 Å². The van der Waals surface area contributed by atoms with Crippen molar-refractivity contribution in [3.05, 3.63) is 29.6 Å². The number of rotatable bonds is 5. The van der Waals surface area contributed by atoms with E-state index in [0.717, 1.165) is 6.07 Å². The van der Waals surface area contributed by atoms with Crippen LogP contribution < -0.4 is 10.5 Å². The summed E-state index contributed by atoms with van der Waals surface area (Å²) in [4.78, 5) is 13.7. The zero-order valence-corrected chi connectivity index (χ0v) is 11.1. The Morgan fingerprint density at radius 1 is 1.56 bits per heavy atom. The molecule has 0 spiro atoms. The molecular formula is C12H15FN2O2S. The quantitative estimate of drug-likeness (QED) is 0.825. The van der Waals surface area contributed by atoms with Crippen LogP contribution in [0.15, 0.2) is 18.2 Å². The minimum absolute atomic E-state index is 0.109. The summed E-state index contributed by atoms with van der Waals surface area (Å²) < 4.78 is 18.2. The first-order valence-electron chi connectivity index (χ1n) is 5.33. The van der Waals surface area contributed by atoms with Crippen molar-refractivity contribution in [3.8, 4) is 5.75 Å². The third-order valence-corrected chi connectivity index (χ3v) is 2.64. The van der Waals surface area contributed by atoms with Crippen molar-refractivity contribution in [3.63, 3.8) is 0 Å². The summed E-state index contributed by atoms with van der Waals surface area (Å²) in [6, 6.07) is 4.09. The Morgan fingerprint density at radius 2 is 2.22 bits per heavy atom. The monoisotopic (exact) mass is 270 g/mol. The van der Waals surface area contributed by atoms with E-state index >= 15 is 0 Å². The molecule has 1 aromatic carbocycles. The molecule has 0 heterocycles. The highest BCUT2D eigenvalue weighted by Gasteiger charge is 2.14. The SMILES string of the molecule is COc1ccc(C(=O)N(C)CCC(N)=S)cc1F. The number of hydrogen-bond donors (Lipinski definition) is 1. The van der Waals surface area contributed by atoms with Gasteiger partial charge in [-0.3, -0.25) is 4.79 Å². The van der Waals surface area contributed by atoms with Gasteiger partial charge in [-0.25, -0.2) is 4.39 Å². The molecule has 18 heavy (non-hydrogen) atoms. The number of carbonyl (C=O) groups is 1. The zero-order valence-electron chi connectivity index (χ0n) is 10.3. The topological polar surface area (TPSA) is 55.6 Å². The lowest BCUT2D eigenvalue weighted by Crippen LogP contribution is -2.30. The van der Waals surface area contributed by atoms with Crippen LogP contribution >= 0.6 is 12.2 Å². The summed E-state index contributed by atoms with van der Waals surface area (Å²) in [6.45, 7) is 0.405. The van der Waals surface area contributed by atoms with Gasteiger partial charge in [0.25, 0.3) is 5.91 Å². The lowest BCUT2D eigenvalue weighted by Gasteiger charge is -2.17. The van der Waals surface area contributed by atoms with Gasteiger partial charge in [0.2, 0.25) is 0 Å². The number of methoxy groups -OCH3 is 1. The molecule has 6 heteroatoms. The molecular weight excluding hydrogens is 255 g/mol. The average molecular weight is 270 g/mol. The van der Waals surface area contributed by atoms with Crippen molar-refractivity contribution in [2.24, 2.45) is 5.73 Å². The van der Waals surface area contributed by atoms with Gasteiger partial charge < -0.3 is 15.4 Å². The van der Waals surface area contributed by atoms with E-state index in [1.165, 1.54) is 24.1 Å². The largest absolute Gasteiger partial charge is 0.494 e. The molecule has 0 aliphatic heterocycles. The Morgan fingerprint density at radius 3 is 2.72 bits per heavy atom. The maximum absolute atomic E-state index is 13.5. The van der Waals surface area contributed by atoms with Gasteiger partial charge in [0.1, 0.15) is 0 Å². The Bertz CT molecular complexity index is 465. The van der Waals surface area contributed by atoms with E-state index in [2.05, 4.69) is 0 Å². The van der Waals surface area contributed by atoms with Gasteiger partial charge in [-0.1, -0.05) is 12.2 Å². The van der Waals surface area contributed by atoms with E-state index in [-0.39, 0.29) is 17.2 Å². The van der Waals surface area contributed by atoms with Gasteiger partial charge in [-0.05, 0) is 18.2 Å². The predicted octanol–water partition coefficient (Wildman–Crippen LogP) is 1.58. The molecule has 0 saturated heterocycles. The first kappa shape index (κ1) is 14.4. The van der Waals surface area contributed by atoms with E-state index in [1.807, 2.05) is 0 Å². The Kier molecular flexibility index (Phi) is 5.03. The number of benzene rings is 1. The molecule has 0 radical (unpaired) electrons. The molecule has 4 nitrogen and oxygen atoms in total. The number of hydrogen-bond acceptors (Lipinski definition) is 3. The Labute approximate surface area is 111 Å². The van der Waals surface area contributed by atoms with Crippen molar-refractivity contribution in [1.82, 2.24) is 4.90 Å². The molecule has 0 atom stereocenters. The standard InChI is InChI=1S/C12H15FN2O2S/c1-15(6-5-11(14)18)12(16)8-3-4-10(17-2)9(13)7-8/h3-4,7H,5-6H2,1-2H3,(H2,14,18). The zero-order chi connectivity index (χ0) is 13.7. The minimum Gasteiger partial charge on any atom is -0.494 e. The summed E-state index contributed by atoms with van der Waals surface area (Å²) in [7, 11) is 2.98. The van der Waals surface area contributed by atoms with Crippen LogP contribution in [0.1, 0.15) is 16.8 Å². The molecule has 0 unspecified atom stereocenters. The highest BCUT2D eigenvalue weighted by Crippen LogP contribution is 2.18. The first-order chi connectivity index (χ1) is 8.45. The van der Waals surface area contributed by atoms with Crippen LogP contribution in [0.5, 0.6) is 5.75 Å². The van der Waals surface area contributed by atoms with Crippen LogP contribution in [0.25, 0.3) is 0 Å². The van der Waals surface area contributed by atoms with Gasteiger partial charge in [-0.2, -0.15) is 0 Å². The third-order valence-electron chi connectivity index (χ3n) is 2.44. The lowest BCUT2D eigenvalue weighted by atomic mass is 10.2. The molecule has 1 aromatic rings. The molecule has 1 rings (SSSR count). The number of halogens is 1. The molecule has 0 aliphatic carbocycles. The molecule has 1 amide bonds. The predicted molar refractivity (Wildman–Crippen MR) is 71.3 cm³/mol. The lowest BCUT2D eigenvalue weighted by molar-refractivity contribution is 0.0798. The fraction of sp³-hybridized carbons (Fsp3) is 0.333. The second-order valence-electron chi connectivity index (χ2n) is 3.79. The smallest absolute Gasteiger partial charge is 0.253 e. The van der Waals surface area contributed by atoms with Crippen molar-refractivity contribution in [1.29, 1.82) is 0 Å². The maximum atomic E-state index is 13.5. The minimum atomic E-state index is -0.564. The molecule has 98 valence electrons. The van der Waals surface area contributed by atoms with Crippen LogP contribution in [0.3, 0.4) is 0 Å². The van der Waals surface area contributed by atoms with Crippen LogP contribution in [0.2, 0.25) is 0 Å². The van der Waals surface area contributed by atoms with Gasteiger partial charge in [0.05, 0.1) is 12.1 Å². The van der Waals surface area contributed by atoms with Crippen LogP contribution in [0, 0.1) is 5.82 Å². The number of thiocarbonyl (C=S) groups is 1. The van der Waals surface area contributed by atoms with E-state index in [0.29, 0.717) is 18.0 Å². The number of nitrogens with two attached hydrogens (primary N) is 1. The second kappa shape index (κ2) is 6.30. The normalized spacial score (nSPS) is 9.94. The van der Waals surface area contributed by atoms with Gasteiger partial charge >= 0.3 is 0 Å². The molecule has 0 bridgehead atoms.